The van der Waals surface area contributed by atoms with Gasteiger partial charge in [-0.15, -0.1) is 11.8 Å². The molecule has 2 heterocycles. The fourth-order valence-electron chi connectivity index (χ4n) is 3.05. The molecule has 2 fully saturated rings. The average molecular weight is 396 g/mol. The van der Waals surface area contributed by atoms with E-state index in [1.54, 1.807) is 20.8 Å². The minimum atomic E-state index is -4.42. The lowest BCUT2D eigenvalue weighted by molar-refractivity contribution is -0.184. The number of piperazine rings is 1. The van der Waals surface area contributed by atoms with Crippen molar-refractivity contribution in [3.8, 4) is 0 Å². The topological polar surface area (TPSA) is 64.7 Å². The number of alkyl halides is 3. The molecule has 26 heavy (non-hydrogen) atoms. The second kappa shape index (κ2) is 8.35. The van der Waals surface area contributed by atoms with E-state index in [-0.39, 0.29) is 19.0 Å². The van der Waals surface area contributed by atoms with Crippen molar-refractivity contribution < 1.29 is 22.8 Å². The zero-order valence-corrected chi connectivity index (χ0v) is 16.2. The van der Waals surface area contributed by atoms with Crippen LogP contribution in [0.2, 0.25) is 0 Å². The number of thioether (sulfide) groups is 1. The number of nitrogens with one attached hydrogen (secondary N) is 2. The Hall–Kier alpha value is -1.00. The summed E-state index contributed by atoms with van der Waals surface area (Å²) in [6.45, 7) is 6.34. The lowest BCUT2D eigenvalue weighted by atomic mass is 9.94. The molecule has 2 aliphatic rings. The first-order valence-corrected chi connectivity index (χ1v) is 9.85. The first kappa shape index (κ1) is 21.3. The molecule has 0 aromatic rings. The maximum Gasteiger partial charge on any atom is 0.405 e. The summed E-state index contributed by atoms with van der Waals surface area (Å²) in [4.78, 5) is 27.8. The second-order valence-corrected chi connectivity index (χ2v) is 8.63. The summed E-state index contributed by atoms with van der Waals surface area (Å²) in [6.07, 6.45) is -4.42. The molecular formula is C16H27F3N4O2S. The van der Waals surface area contributed by atoms with Gasteiger partial charge in [-0.3, -0.25) is 14.5 Å². The molecule has 0 radical (unpaired) electrons. The largest absolute Gasteiger partial charge is 0.405 e. The minimum Gasteiger partial charge on any atom is -0.352 e. The van der Waals surface area contributed by atoms with E-state index in [0.717, 1.165) is 0 Å². The normalized spacial score (nSPS) is 23.8. The lowest BCUT2D eigenvalue weighted by Gasteiger charge is -2.36. The fourth-order valence-corrected chi connectivity index (χ4v) is 4.21. The first-order chi connectivity index (χ1) is 12.0. The van der Waals surface area contributed by atoms with Crippen LogP contribution in [0.25, 0.3) is 0 Å². The third-order valence-electron chi connectivity index (χ3n) is 4.53. The summed E-state index contributed by atoms with van der Waals surface area (Å²) in [5.41, 5.74) is -0.640. The van der Waals surface area contributed by atoms with Crippen LogP contribution in [0.4, 0.5) is 13.2 Å². The Labute approximate surface area is 156 Å². The molecule has 2 atom stereocenters. The highest BCUT2D eigenvalue weighted by Gasteiger charge is 2.45. The van der Waals surface area contributed by atoms with Gasteiger partial charge in [-0.05, 0) is 0 Å². The molecule has 2 unspecified atom stereocenters. The van der Waals surface area contributed by atoms with Crippen molar-refractivity contribution in [3.05, 3.63) is 0 Å². The Bertz CT molecular complexity index is 519. The van der Waals surface area contributed by atoms with Crippen LogP contribution in [0.1, 0.15) is 20.8 Å². The first-order valence-electron chi connectivity index (χ1n) is 8.70. The highest BCUT2D eigenvalue weighted by Crippen LogP contribution is 2.28. The van der Waals surface area contributed by atoms with Crippen molar-refractivity contribution in [3.63, 3.8) is 0 Å². The number of carbonyl (C=O) groups is 2. The fraction of sp³-hybridized carbons (Fsp3) is 0.875. The predicted molar refractivity (Wildman–Crippen MR) is 94.7 cm³/mol. The van der Waals surface area contributed by atoms with E-state index in [4.69, 9.17) is 0 Å². The summed E-state index contributed by atoms with van der Waals surface area (Å²) in [7, 11) is 0. The molecule has 2 saturated heterocycles. The molecule has 0 aromatic carbocycles. The molecule has 2 aliphatic heterocycles. The molecular weight excluding hydrogens is 369 g/mol. The molecule has 150 valence electrons. The number of halogens is 3. The van der Waals surface area contributed by atoms with Crippen molar-refractivity contribution >= 4 is 23.6 Å². The average Bonchev–Trinajstić information content (AvgIpc) is 3.02. The van der Waals surface area contributed by atoms with Crippen molar-refractivity contribution in [2.24, 2.45) is 5.41 Å². The van der Waals surface area contributed by atoms with Crippen LogP contribution in [0.3, 0.4) is 0 Å². The number of rotatable bonds is 4. The smallest absolute Gasteiger partial charge is 0.352 e. The van der Waals surface area contributed by atoms with Crippen LogP contribution in [-0.4, -0.2) is 84.2 Å². The van der Waals surface area contributed by atoms with Crippen molar-refractivity contribution in [1.29, 1.82) is 0 Å². The molecule has 2 amide bonds. The molecule has 0 aromatic heterocycles. The Kier molecular flexibility index (Phi) is 6.84. The van der Waals surface area contributed by atoms with Gasteiger partial charge in [0.1, 0.15) is 12.1 Å². The van der Waals surface area contributed by atoms with Crippen LogP contribution in [-0.2, 0) is 9.59 Å². The van der Waals surface area contributed by atoms with Gasteiger partial charge < -0.3 is 15.5 Å². The summed E-state index contributed by atoms with van der Waals surface area (Å²) in [5.74, 6) is 0.0984. The van der Waals surface area contributed by atoms with Crippen LogP contribution in [0.5, 0.6) is 0 Å². The molecule has 0 saturated carbocycles. The molecule has 6 nitrogen and oxygen atoms in total. The van der Waals surface area contributed by atoms with Crippen molar-refractivity contribution in [2.45, 2.75) is 39.0 Å². The Morgan fingerprint density at radius 1 is 1.23 bits per heavy atom. The standard InChI is InChI=1S/C16H27F3N4O2S/c1-15(2,3)14(25)23-10-26-9-11(23)13(24)21-8-12(16(17,18)19)22-6-4-20-5-7-22/h11-12,20H,4-10H2,1-3H3,(H,21,24). The van der Waals surface area contributed by atoms with Gasteiger partial charge in [0, 0.05) is 43.9 Å². The SMILES string of the molecule is CC(C)(C)C(=O)N1CSCC1C(=O)NCC(N1CCNCC1)C(F)(F)F. The van der Waals surface area contributed by atoms with E-state index in [1.165, 1.54) is 21.6 Å². The van der Waals surface area contributed by atoms with Crippen molar-refractivity contribution in [2.75, 3.05) is 44.4 Å². The third-order valence-corrected chi connectivity index (χ3v) is 5.54. The van der Waals surface area contributed by atoms with Gasteiger partial charge in [-0.1, -0.05) is 20.8 Å². The summed E-state index contributed by atoms with van der Waals surface area (Å²) >= 11 is 1.43. The Balaban J connectivity index is 1.99. The van der Waals surface area contributed by atoms with E-state index in [0.29, 0.717) is 24.7 Å². The number of hydrogen-bond acceptors (Lipinski definition) is 5. The molecule has 0 aliphatic carbocycles. The highest BCUT2D eigenvalue weighted by atomic mass is 32.2. The molecule has 10 heteroatoms. The van der Waals surface area contributed by atoms with E-state index in [1.807, 2.05) is 0 Å². The van der Waals surface area contributed by atoms with Crippen LogP contribution < -0.4 is 10.6 Å². The highest BCUT2D eigenvalue weighted by molar-refractivity contribution is 7.99. The van der Waals surface area contributed by atoms with E-state index >= 15 is 0 Å². The van der Waals surface area contributed by atoms with Gasteiger partial charge in [0.15, 0.2) is 0 Å². The number of hydrogen-bond donors (Lipinski definition) is 2. The zero-order valence-electron chi connectivity index (χ0n) is 15.4. The molecule has 2 N–H and O–H groups in total. The Morgan fingerprint density at radius 3 is 2.38 bits per heavy atom. The quantitative estimate of drug-likeness (QED) is 0.739. The van der Waals surface area contributed by atoms with Crippen LogP contribution in [0.15, 0.2) is 0 Å². The maximum atomic E-state index is 13.4. The second-order valence-electron chi connectivity index (χ2n) is 7.63. The van der Waals surface area contributed by atoms with E-state index < -0.39 is 36.1 Å². The predicted octanol–water partition coefficient (Wildman–Crippen LogP) is 0.886. The van der Waals surface area contributed by atoms with Gasteiger partial charge in [0.25, 0.3) is 0 Å². The molecule has 0 spiro atoms. The van der Waals surface area contributed by atoms with Crippen LogP contribution >= 0.6 is 11.8 Å². The van der Waals surface area contributed by atoms with Gasteiger partial charge >= 0.3 is 6.18 Å². The zero-order chi connectivity index (χ0) is 19.5. The summed E-state index contributed by atoms with van der Waals surface area (Å²) in [5, 5.41) is 5.46. The lowest BCUT2D eigenvalue weighted by Crippen LogP contribution is -2.59. The monoisotopic (exact) mass is 396 g/mol. The van der Waals surface area contributed by atoms with E-state index in [9.17, 15) is 22.8 Å². The van der Waals surface area contributed by atoms with Crippen molar-refractivity contribution in [1.82, 2.24) is 20.4 Å². The van der Waals surface area contributed by atoms with Crippen LogP contribution in [0, 0.1) is 5.41 Å². The number of carbonyl (C=O) groups excluding carboxylic acids is 2. The number of nitrogens with zero attached hydrogens (tertiary/aromatic N) is 2. The Morgan fingerprint density at radius 2 is 1.85 bits per heavy atom. The third kappa shape index (κ3) is 5.26. The van der Waals surface area contributed by atoms with Gasteiger partial charge in [-0.2, -0.15) is 13.2 Å². The maximum absolute atomic E-state index is 13.4. The minimum absolute atomic E-state index is 0.169. The molecule has 2 rings (SSSR count). The number of amides is 2. The van der Waals surface area contributed by atoms with E-state index in [2.05, 4.69) is 10.6 Å². The molecule has 0 bridgehead atoms. The van der Waals surface area contributed by atoms with Gasteiger partial charge in [-0.25, -0.2) is 0 Å². The van der Waals surface area contributed by atoms with Gasteiger partial charge in [0.05, 0.1) is 5.88 Å². The van der Waals surface area contributed by atoms with Gasteiger partial charge in [0.2, 0.25) is 11.8 Å². The summed E-state index contributed by atoms with van der Waals surface area (Å²) < 4.78 is 40.2. The summed E-state index contributed by atoms with van der Waals surface area (Å²) in [6, 6.07) is -2.43.